The summed E-state index contributed by atoms with van der Waals surface area (Å²) in [6.45, 7) is 1.70. The fraction of sp³-hybridized carbons (Fsp3) is 0.500. The van der Waals surface area contributed by atoms with Crippen LogP contribution in [0.15, 0.2) is 12.3 Å². The van der Waals surface area contributed by atoms with Gasteiger partial charge in [0.15, 0.2) is 0 Å². The molecule has 3 N–H and O–H groups in total. The van der Waals surface area contributed by atoms with Crippen molar-refractivity contribution in [3.8, 4) is 0 Å². The van der Waals surface area contributed by atoms with E-state index < -0.39 is 17.1 Å². The molecule has 0 amide bonds. The number of aliphatic hydroxyl groups excluding tert-OH is 2. The lowest BCUT2D eigenvalue weighted by atomic mass is 10.1. The SMILES string of the molecule is CNCC(O)C(O)c1cnc(C)c([N+](=O)[O-])c1. The van der Waals surface area contributed by atoms with E-state index in [0.29, 0.717) is 0 Å². The van der Waals surface area contributed by atoms with Crippen LogP contribution in [-0.4, -0.2) is 39.8 Å². The van der Waals surface area contributed by atoms with E-state index in [1.54, 1.807) is 7.05 Å². The lowest BCUT2D eigenvalue weighted by Gasteiger charge is -2.17. The molecule has 0 bridgehead atoms. The summed E-state index contributed by atoms with van der Waals surface area (Å²) in [5.74, 6) is 0. The Hall–Kier alpha value is -1.57. The molecule has 2 atom stereocenters. The maximum absolute atomic E-state index is 10.7. The number of hydrogen-bond donors (Lipinski definition) is 3. The summed E-state index contributed by atoms with van der Waals surface area (Å²) in [5.41, 5.74) is 0.331. The van der Waals surface area contributed by atoms with Gasteiger partial charge in [-0.1, -0.05) is 0 Å². The predicted octanol–water partition coefficient (Wildman–Crippen LogP) is -0.0881. The molecule has 2 unspecified atom stereocenters. The molecule has 0 aliphatic heterocycles. The smallest absolute Gasteiger partial charge is 0.290 e. The Morgan fingerprint density at radius 1 is 1.59 bits per heavy atom. The minimum Gasteiger partial charge on any atom is -0.389 e. The summed E-state index contributed by atoms with van der Waals surface area (Å²) in [6.07, 6.45) is -0.912. The van der Waals surface area contributed by atoms with Gasteiger partial charge in [-0.15, -0.1) is 0 Å². The lowest BCUT2D eigenvalue weighted by Crippen LogP contribution is -2.29. The zero-order chi connectivity index (χ0) is 13.0. The van der Waals surface area contributed by atoms with Gasteiger partial charge in [0.25, 0.3) is 5.69 Å². The molecular formula is C10H15N3O4. The average molecular weight is 241 g/mol. The third kappa shape index (κ3) is 3.19. The first-order valence-electron chi connectivity index (χ1n) is 5.09. The Morgan fingerprint density at radius 2 is 2.24 bits per heavy atom. The summed E-state index contributed by atoms with van der Waals surface area (Å²) in [6, 6.07) is 1.23. The van der Waals surface area contributed by atoms with Crippen molar-refractivity contribution in [1.29, 1.82) is 0 Å². The highest BCUT2D eigenvalue weighted by Gasteiger charge is 2.21. The van der Waals surface area contributed by atoms with Crippen molar-refractivity contribution in [2.75, 3.05) is 13.6 Å². The summed E-state index contributed by atoms with van der Waals surface area (Å²) in [4.78, 5) is 14.0. The van der Waals surface area contributed by atoms with Gasteiger partial charge >= 0.3 is 0 Å². The molecule has 17 heavy (non-hydrogen) atoms. The largest absolute Gasteiger partial charge is 0.389 e. The van der Waals surface area contributed by atoms with Crippen LogP contribution >= 0.6 is 0 Å². The summed E-state index contributed by atoms with van der Waals surface area (Å²) in [5, 5.41) is 32.7. The lowest BCUT2D eigenvalue weighted by molar-refractivity contribution is -0.385. The summed E-state index contributed by atoms with van der Waals surface area (Å²) >= 11 is 0. The predicted molar refractivity (Wildman–Crippen MR) is 60.5 cm³/mol. The number of pyridine rings is 1. The maximum Gasteiger partial charge on any atom is 0.290 e. The van der Waals surface area contributed by atoms with Gasteiger partial charge in [-0.25, -0.2) is 0 Å². The van der Waals surface area contributed by atoms with Crippen LogP contribution in [0.4, 0.5) is 5.69 Å². The van der Waals surface area contributed by atoms with E-state index in [0.717, 1.165) is 0 Å². The van der Waals surface area contributed by atoms with Crippen LogP contribution in [0.1, 0.15) is 17.4 Å². The molecule has 7 nitrogen and oxygen atoms in total. The van der Waals surface area contributed by atoms with Crippen LogP contribution in [0.3, 0.4) is 0 Å². The fourth-order valence-electron chi connectivity index (χ4n) is 1.43. The normalized spacial score (nSPS) is 14.4. The molecular weight excluding hydrogens is 226 g/mol. The van der Waals surface area contributed by atoms with Crippen molar-refractivity contribution < 1.29 is 15.1 Å². The highest BCUT2D eigenvalue weighted by Crippen LogP contribution is 2.22. The Labute approximate surface area is 98.3 Å². The van der Waals surface area contributed by atoms with Gasteiger partial charge in [-0.3, -0.25) is 15.1 Å². The van der Waals surface area contributed by atoms with Gasteiger partial charge in [0.05, 0.1) is 11.0 Å². The second-order valence-corrected chi connectivity index (χ2v) is 3.70. The number of aromatic nitrogens is 1. The molecule has 1 rings (SSSR count). The Morgan fingerprint density at radius 3 is 2.76 bits per heavy atom. The standard InChI is InChI=1S/C10H15N3O4/c1-6-8(13(16)17)3-7(4-12-6)10(15)9(14)5-11-2/h3-4,9-11,14-15H,5H2,1-2H3. The van der Waals surface area contributed by atoms with Crippen LogP contribution in [0.5, 0.6) is 0 Å². The van der Waals surface area contributed by atoms with Crippen LogP contribution < -0.4 is 5.32 Å². The van der Waals surface area contributed by atoms with Gasteiger partial charge in [-0.05, 0) is 14.0 Å². The van der Waals surface area contributed by atoms with Crippen LogP contribution in [0, 0.1) is 17.0 Å². The molecule has 0 aromatic carbocycles. The molecule has 0 aliphatic rings. The first-order valence-corrected chi connectivity index (χ1v) is 5.09. The third-order valence-corrected chi connectivity index (χ3v) is 2.40. The minimum atomic E-state index is -1.20. The van der Waals surface area contributed by atoms with Crippen molar-refractivity contribution >= 4 is 5.69 Å². The maximum atomic E-state index is 10.7. The first kappa shape index (κ1) is 13.5. The number of likely N-dealkylation sites (N-methyl/N-ethyl adjacent to an activating group) is 1. The van der Waals surface area contributed by atoms with Crippen molar-refractivity contribution in [3.05, 3.63) is 33.6 Å². The van der Waals surface area contributed by atoms with Crippen LogP contribution in [0.25, 0.3) is 0 Å². The van der Waals surface area contributed by atoms with Crippen LogP contribution in [-0.2, 0) is 0 Å². The van der Waals surface area contributed by atoms with E-state index in [-0.39, 0.29) is 23.5 Å². The van der Waals surface area contributed by atoms with E-state index in [1.165, 1.54) is 19.2 Å². The monoisotopic (exact) mass is 241 g/mol. The van der Waals surface area contributed by atoms with Gasteiger partial charge in [0, 0.05) is 24.4 Å². The molecule has 1 aromatic heterocycles. The molecule has 0 aliphatic carbocycles. The topological polar surface area (TPSA) is 109 Å². The number of aryl methyl sites for hydroxylation is 1. The van der Waals surface area contributed by atoms with Gasteiger partial charge in [0.2, 0.25) is 0 Å². The first-order chi connectivity index (χ1) is 7.97. The van der Waals surface area contributed by atoms with E-state index in [1.807, 2.05) is 0 Å². The van der Waals surface area contributed by atoms with E-state index >= 15 is 0 Å². The highest BCUT2D eigenvalue weighted by atomic mass is 16.6. The molecule has 0 fully saturated rings. The number of rotatable bonds is 5. The molecule has 94 valence electrons. The fourth-order valence-corrected chi connectivity index (χ4v) is 1.43. The van der Waals surface area contributed by atoms with Crippen molar-refractivity contribution in [3.63, 3.8) is 0 Å². The quantitative estimate of drug-likeness (QED) is 0.491. The molecule has 0 spiro atoms. The second-order valence-electron chi connectivity index (χ2n) is 3.70. The Bertz CT molecular complexity index is 411. The van der Waals surface area contributed by atoms with Crippen molar-refractivity contribution in [2.45, 2.75) is 19.1 Å². The molecule has 0 radical (unpaired) electrons. The van der Waals surface area contributed by atoms with Crippen molar-refractivity contribution in [2.24, 2.45) is 0 Å². The zero-order valence-electron chi connectivity index (χ0n) is 9.62. The molecule has 7 heteroatoms. The molecule has 0 saturated heterocycles. The van der Waals surface area contributed by atoms with Gasteiger partial charge in [0.1, 0.15) is 11.8 Å². The van der Waals surface area contributed by atoms with E-state index in [4.69, 9.17) is 0 Å². The van der Waals surface area contributed by atoms with Crippen molar-refractivity contribution in [1.82, 2.24) is 10.3 Å². The Kier molecular flexibility index (Phi) is 4.50. The summed E-state index contributed by atoms with van der Waals surface area (Å²) in [7, 11) is 1.63. The molecule has 0 saturated carbocycles. The second kappa shape index (κ2) is 5.67. The van der Waals surface area contributed by atoms with Gasteiger partial charge < -0.3 is 15.5 Å². The number of aliphatic hydroxyl groups is 2. The van der Waals surface area contributed by atoms with E-state index in [9.17, 15) is 20.3 Å². The van der Waals surface area contributed by atoms with E-state index in [2.05, 4.69) is 10.3 Å². The number of nitro groups is 1. The third-order valence-electron chi connectivity index (χ3n) is 2.40. The summed E-state index contributed by atoms with van der Waals surface area (Å²) < 4.78 is 0. The molecule has 1 aromatic rings. The highest BCUT2D eigenvalue weighted by molar-refractivity contribution is 5.38. The number of hydrogen-bond acceptors (Lipinski definition) is 6. The minimum absolute atomic E-state index is 0.168. The molecule has 1 heterocycles. The number of nitrogens with one attached hydrogen (secondary N) is 1. The number of nitrogens with zero attached hydrogens (tertiary/aromatic N) is 2. The zero-order valence-corrected chi connectivity index (χ0v) is 9.62. The van der Waals surface area contributed by atoms with Crippen LogP contribution in [0.2, 0.25) is 0 Å². The van der Waals surface area contributed by atoms with Gasteiger partial charge in [-0.2, -0.15) is 0 Å². The average Bonchev–Trinajstić information content (AvgIpc) is 2.28. The Balaban J connectivity index is 2.99.